The molecule has 0 bridgehead atoms. The van der Waals surface area contributed by atoms with Crippen molar-refractivity contribution in [3.05, 3.63) is 70.5 Å². The van der Waals surface area contributed by atoms with Crippen LogP contribution >= 0.6 is 0 Å². The molecule has 0 N–H and O–H groups in total. The molecule has 178 valence electrons. The SMILES string of the molecule is CN(c1ccc([C@H]2CN(c3nc(-c4ccncc4F)cc(=O)n3C)CCO2)cc1)[C@@H]1CCOC1. The zero-order chi connectivity index (χ0) is 23.7. The first-order chi connectivity index (χ1) is 16.5. The highest BCUT2D eigenvalue weighted by atomic mass is 19.1. The molecule has 4 heterocycles. The maximum atomic E-state index is 14.3. The topological polar surface area (TPSA) is 72.7 Å². The molecule has 2 atom stereocenters. The van der Waals surface area contributed by atoms with Gasteiger partial charge >= 0.3 is 0 Å². The third kappa shape index (κ3) is 4.41. The molecule has 9 heteroatoms. The maximum absolute atomic E-state index is 14.3. The van der Waals surface area contributed by atoms with E-state index in [-0.39, 0.29) is 17.2 Å². The molecule has 2 aromatic heterocycles. The van der Waals surface area contributed by atoms with Crippen molar-refractivity contribution in [1.82, 2.24) is 14.5 Å². The number of likely N-dealkylation sites (N-methyl/N-ethyl adjacent to an activating group) is 1. The zero-order valence-electron chi connectivity index (χ0n) is 19.4. The van der Waals surface area contributed by atoms with Gasteiger partial charge in [-0.25, -0.2) is 9.37 Å². The van der Waals surface area contributed by atoms with Gasteiger partial charge in [0, 0.05) is 50.8 Å². The molecule has 5 rings (SSSR count). The quantitative estimate of drug-likeness (QED) is 0.574. The van der Waals surface area contributed by atoms with Crippen molar-refractivity contribution in [3.63, 3.8) is 0 Å². The number of rotatable bonds is 5. The molecule has 2 aliphatic rings. The van der Waals surface area contributed by atoms with Crippen LogP contribution in [0.1, 0.15) is 18.1 Å². The fourth-order valence-electron chi connectivity index (χ4n) is 4.53. The third-order valence-electron chi connectivity index (χ3n) is 6.63. The Morgan fingerprint density at radius 1 is 1.18 bits per heavy atom. The van der Waals surface area contributed by atoms with Gasteiger partial charge in [0.1, 0.15) is 6.10 Å². The summed E-state index contributed by atoms with van der Waals surface area (Å²) in [5, 5.41) is 0. The number of nitrogens with zero attached hydrogens (tertiary/aromatic N) is 5. The first-order valence-corrected chi connectivity index (χ1v) is 11.5. The number of benzene rings is 1. The van der Waals surface area contributed by atoms with E-state index in [1.165, 1.54) is 22.9 Å². The molecule has 2 saturated heterocycles. The lowest BCUT2D eigenvalue weighted by atomic mass is 10.1. The molecule has 0 aliphatic carbocycles. The van der Waals surface area contributed by atoms with Crippen LogP contribution in [0.5, 0.6) is 0 Å². The van der Waals surface area contributed by atoms with E-state index < -0.39 is 5.82 Å². The van der Waals surface area contributed by atoms with Crippen LogP contribution in [0.4, 0.5) is 16.0 Å². The number of hydrogen-bond donors (Lipinski definition) is 0. The predicted octanol–water partition coefficient (Wildman–Crippen LogP) is 2.78. The molecule has 0 spiro atoms. The molecule has 0 saturated carbocycles. The number of anilines is 2. The molecule has 3 aromatic rings. The Bertz CT molecular complexity index is 1210. The normalized spacial score (nSPS) is 20.5. The number of morpholine rings is 1. The Morgan fingerprint density at radius 3 is 2.74 bits per heavy atom. The van der Waals surface area contributed by atoms with Crippen molar-refractivity contribution in [2.45, 2.75) is 18.6 Å². The molecular formula is C25H28FN5O3. The summed E-state index contributed by atoms with van der Waals surface area (Å²) in [5.74, 6) is -0.0205. The Balaban J connectivity index is 1.37. The van der Waals surface area contributed by atoms with Gasteiger partial charge in [-0.05, 0) is 30.2 Å². The molecule has 2 aliphatic heterocycles. The van der Waals surface area contributed by atoms with E-state index in [0.29, 0.717) is 37.4 Å². The fraction of sp³-hybridized carbons (Fsp3) is 0.400. The summed E-state index contributed by atoms with van der Waals surface area (Å²) < 4.78 is 27.4. The van der Waals surface area contributed by atoms with E-state index in [9.17, 15) is 9.18 Å². The van der Waals surface area contributed by atoms with E-state index >= 15 is 0 Å². The lowest BCUT2D eigenvalue weighted by Crippen LogP contribution is -2.41. The van der Waals surface area contributed by atoms with Crippen LogP contribution in [0.25, 0.3) is 11.3 Å². The van der Waals surface area contributed by atoms with E-state index in [4.69, 9.17) is 9.47 Å². The highest BCUT2D eigenvalue weighted by Gasteiger charge is 2.26. The molecule has 0 unspecified atom stereocenters. The summed E-state index contributed by atoms with van der Waals surface area (Å²) >= 11 is 0. The summed E-state index contributed by atoms with van der Waals surface area (Å²) in [4.78, 5) is 25.4. The second-order valence-electron chi connectivity index (χ2n) is 8.72. The van der Waals surface area contributed by atoms with Gasteiger partial charge < -0.3 is 19.3 Å². The molecule has 1 aromatic carbocycles. The summed E-state index contributed by atoms with van der Waals surface area (Å²) in [6.45, 7) is 3.18. The van der Waals surface area contributed by atoms with Crippen LogP contribution in [0, 0.1) is 5.82 Å². The molecule has 0 radical (unpaired) electrons. The summed E-state index contributed by atoms with van der Waals surface area (Å²) in [6, 6.07) is 11.7. The lowest BCUT2D eigenvalue weighted by Gasteiger charge is -2.35. The third-order valence-corrected chi connectivity index (χ3v) is 6.63. The molecular weight excluding hydrogens is 437 g/mol. The average molecular weight is 466 g/mol. The number of pyridine rings is 1. The van der Waals surface area contributed by atoms with Crippen molar-refractivity contribution in [2.24, 2.45) is 7.05 Å². The molecule has 0 amide bonds. The number of ether oxygens (including phenoxy) is 2. The Kier molecular flexibility index (Phi) is 6.30. The predicted molar refractivity (Wildman–Crippen MR) is 128 cm³/mol. The number of aromatic nitrogens is 3. The summed E-state index contributed by atoms with van der Waals surface area (Å²) in [5.41, 5.74) is 2.51. The zero-order valence-corrected chi connectivity index (χ0v) is 19.4. The summed E-state index contributed by atoms with van der Waals surface area (Å²) in [6.07, 6.45) is 3.48. The van der Waals surface area contributed by atoms with Crippen molar-refractivity contribution in [1.29, 1.82) is 0 Å². The van der Waals surface area contributed by atoms with Gasteiger partial charge in [-0.15, -0.1) is 0 Å². The van der Waals surface area contributed by atoms with Gasteiger partial charge in [0.2, 0.25) is 5.95 Å². The average Bonchev–Trinajstić information content (AvgIpc) is 3.41. The van der Waals surface area contributed by atoms with Gasteiger partial charge in [-0.2, -0.15) is 0 Å². The molecule has 2 fully saturated rings. The summed E-state index contributed by atoms with van der Waals surface area (Å²) in [7, 11) is 3.77. The van der Waals surface area contributed by atoms with Crippen LogP contribution in [0.2, 0.25) is 0 Å². The van der Waals surface area contributed by atoms with Gasteiger partial charge in [0.15, 0.2) is 5.82 Å². The largest absolute Gasteiger partial charge is 0.379 e. The van der Waals surface area contributed by atoms with Crippen LogP contribution in [0.15, 0.2) is 53.6 Å². The Morgan fingerprint density at radius 2 is 2.00 bits per heavy atom. The van der Waals surface area contributed by atoms with Crippen LogP contribution in [0.3, 0.4) is 0 Å². The van der Waals surface area contributed by atoms with E-state index in [2.05, 4.69) is 46.2 Å². The number of halogens is 1. The fourth-order valence-corrected chi connectivity index (χ4v) is 4.53. The van der Waals surface area contributed by atoms with Crippen LogP contribution < -0.4 is 15.4 Å². The highest BCUT2D eigenvalue weighted by Crippen LogP contribution is 2.29. The van der Waals surface area contributed by atoms with E-state index in [1.807, 2.05) is 4.90 Å². The lowest BCUT2D eigenvalue weighted by molar-refractivity contribution is 0.0390. The van der Waals surface area contributed by atoms with Gasteiger partial charge in [-0.1, -0.05) is 12.1 Å². The van der Waals surface area contributed by atoms with E-state index in [1.54, 1.807) is 7.05 Å². The second kappa shape index (κ2) is 9.52. The van der Waals surface area contributed by atoms with Crippen molar-refractivity contribution in [3.8, 4) is 11.3 Å². The maximum Gasteiger partial charge on any atom is 0.255 e. The Hall–Kier alpha value is -3.30. The van der Waals surface area contributed by atoms with Crippen molar-refractivity contribution >= 4 is 11.6 Å². The van der Waals surface area contributed by atoms with Crippen molar-refractivity contribution in [2.75, 3.05) is 49.8 Å². The van der Waals surface area contributed by atoms with Gasteiger partial charge in [0.25, 0.3) is 5.56 Å². The van der Waals surface area contributed by atoms with Gasteiger partial charge in [0.05, 0.1) is 37.7 Å². The smallest absolute Gasteiger partial charge is 0.255 e. The second-order valence-corrected chi connectivity index (χ2v) is 8.72. The minimum absolute atomic E-state index is 0.166. The minimum Gasteiger partial charge on any atom is -0.379 e. The monoisotopic (exact) mass is 465 g/mol. The number of hydrogen-bond acceptors (Lipinski definition) is 7. The molecule has 34 heavy (non-hydrogen) atoms. The van der Waals surface area contributed by atoms with Crippen LogP contribution in [-0.4, -0.2) is 60.5 Å². The van der Waals surface area contributed by atoms with Crippen LogP contribution in [-0.2, 0) is 16.5 Å². The van der Waals surface area contributed by atoms with E-state index in [0.717, 1.165) is 37.1 Å². The minimum atomic E-state index is -0.511. The van der Waals surface area contributed by atoms with Gasteiger partial charge in [-0.3, -0.25) is 14.3 Å². The standard InChI is InChI=1S/C25H28FN5O3/c1-29(19-8-11-33-16-19)18-5-3-17(4-6-18)23-15-31(10-12-34-23)25-28-22(13-24(32)30(25)2)20-7-9-27-14-21(20)26/h3-7,9,13-14,19,23H,8,10-12,15-16H2,1-2H3/t19-,23-/m1/s1. The highest BCUT2D eigenvalue weighted by molar-refractivity contribution is 5.60. The Labute approximate surface area is 197 Å². The first-order valence-electron chi connectivity index (χ1n) is 11.5. The molecule has 8 nitrogen and oxygen atoms in total. The van der Waals surface area contributed by atoms with Crippen molar-refractivity contribution < 1.29 is 13.9 Å². The first kappa shape index (κ1) is 22.5.